The lowest BCUT2D eigenvalue weighted by Gasteiger charge is -2.35. The van der Waals surface area contributed by atoms with Gasteiger partial charge < -0.3 is 24.0 Å². The van der Waals surface area contributed by atoms with Crippen molar-refractivity contribution in [1.82, 2.24) is 19.3 Å². The van der Waals surface area contributed by atoms with Crippen molar-refractivity contribution in [1.29, 1.82) is 0 Å². The van der Waals surface area contributed by atoms with Crippen molar-refractivity contribution >= 4 is 44.3 Å². The second-order valence-corrected chi connectivity index (χ2v) is 15.2. The number of carbonyl (C=O) groups excluding carboxylic acids is 2. The van der Waals surface area contributed by atoms with E-state index in [1.165, 1.54) is 7.11 Å². The van der Waals surface area contributed by atoms with Crippen LogP contribution in [0.3, 0.4) is 0 Å². The van der Waals surface area contributed by atoms with Gasteiger partial charge in [-0.2, -0.15) is 0 Å². The molecule has 2 aliphatic heterocycles. The molecule has 47 heavy (non-hydrogen) atoms. The Morgan fingerprint density at radius 2 is 1.72 bits per heavy atom. The molecule has 0 saturated carbocycles. The van der Waals surface area contributed by atoms with Crippen LogP contribution in [0.1, 0.15) is 38.3 Å². The lowest BCUT2D eigenvalue weighted by Crippen LogP contribution is -2.50. The van der Waals surface area contributed by atoms with Crippen LogP contribution >= 0.6 is 0 Å². The minimum Gasteiger partial charge on any atom is -0.492 e. The van der Waals surface area contributed by atoms with E-state index in [2.05, 4.69) is 21.0 Å². The molecule has 0 spiro atoms. The number of carbonyl (C=O) groups is 2. The number of fused-ring (bicyclic) bond motifs is 1. The molecular formula is C33H46N6O7S. The summed E-state index contributed by atoms with van der Waals surface area (Å²) >= 11 is 0. The van der Waals surface area contributed by atoms with Crippen LogP contribution in [0.25, 0.3) is 10.9 Å². The number of amides is 2. The zero-order valence-electron chi connectivity index (χ0n) is 28.0. The zero-order valence-corrected chi connectivity index (χ0v) is 28.8. The highest BCUT2D eigenvalue weighted by atomic mass is 32.2. The summed E-state index contributed by atoms with van der Waals surface area (Å²) in [6.45, 7) is 11.1. The molecule has 2 aliphatic rings. The Kier molecular flexibility index (Phi) is 10.1. The fraction of sp³-hybridized carbons (Fsp3) is 0.515. The van der Waals surface area contributed by atoms with E-state index in [1.807, 2.05) is 60.4 Å². The van der Waals surface area contributed by atoms with Crippen molar-refractivity contribution in [2.24, 2.45) is 7.05 Å². The summed E-state index contributed by atoms with van der Waals surface area (Å²) in [6, 6.07) is 11.3. The SMILES string of the molecule is COc1c(NC(=O)Oc2cc3cccc(CN4CCN(C(=O)CN5CC[C@@H](O)C5)CC4)c3n2C)cc(C(C)(C)C)cc1NS(C)(=O)=O. The number of piperazine rings is 1. The van der Waals surface area contributed by atoms with E-state index < -0.39 is 16.1 Å². The van der Waals surface area contributed by atoms with Crippen LogP contribution in [0.5, 0.6) is 11.6 Å². The van der Waals surface area contributed by atoms with Crippen LogP contribution < -0.4 is 19.5 Å². The fourth-order valence-electron chi connectivity index (χ4n) is 6.23. The number of likely N-dealkylation sites (tertiary alicyclic amines) is 1. The number of nitrogens with one attached hydrogen (secondary N) is 2. The molecule has 2 aromatic carbocycles. The smallest absolute Gasteiger partial charge is 0.418 e. The number of β-amino-alcohol motifs (C(OH)–C–C–N with tert-alkyl or cyclic N) is 1. The normalized spacial score (nSPS) is 18.0. The highest BCUT2D eigenvalue weighted by Crippen LogP contribution is 2.39. The predicted octanol–water partition coefficient (Wildman–Crippen LogP) is 3.18. The molecule has 3 heterocycles. The quantitative estimate of drug-likeness (QED) is 0.313. The Labute approximate surface area is 276 Å². The number of ether oxygens (including phenoxy) is 2. The van der Waals surface area contributed by atoms with Gasteiger partial charge in [-0.3, -0.25) is 24.6 Å². The summed E-state index contributed by atoms with van der Waals surface area (Å²) in [6.07, 6.45) is 0.677. The van der Waals surface area contributed by atoms with Crippen molar-refractivity contribution in [2.75, 3.05) is 69.2 Å². The molecule has 1 atom stereocenters. The number of anilines is 2. The lowest BCUT2D eigenvalue weighted by molar-refractivity contribution is -0.134. The monoisotopic (exact) mass is 670 g/mol. The number of hydrogen-bond donors (Lipinski definition) is 3. The van der Waals surface area contributed by atoms with E-state index in [1.54, 1.807) is 12.1 Å². The average Bonchev–Trinajstić information content (AvgIpc) is 3.53. The number of nitrogens with zero attached hydrogens (tertiary/aromatic N) is 4. The summed E-state index contributed by atoms with van der Waals surface area (Å²) in [5.41, 5.74) is 2.92. The van der Waals surface area contributed by atoms with Crippen LogP contribution in [0.4, 0.5) is 16.2 Å². The van der Waals surface area contributed by atoms with Crippen molar-refractivity contribution in [2.45, 2.75) is 45.3 Å². The van der Waals surface area contributed by atoms with E-state index in [0.717, 1.165) is 54.3 Å². The fourth-order valence-corrected chi connectivity index (χ4v) is 6.78. The van der Waals surface area contributed by atoms with E-state index in [0.29, 0.717) is 38.6 Å². The summed E-state index contributed by atoms with van der Waals surface area (Å²) < 4.78 is 39.8. The van der Waals surface area contributed by atoms with Gasteiger partial charge in [0.15, 0.2) is 5.75 Å². The van der Waals surface area contributed by atoms with Gasteiger partial charge in [0.1, 0.15) is 0 Å². The average molecular weight is 671 g/mol. The minimum atomic E-state index is -3.62. The molecule has 5 rings (SSSR count). The van der Waals surface area contributed by atoms with Gasteiger partial charge in [-0.15, -0.1) is 0 Å². The largest absolute Gasteiger partial charge is 0.492 e. The zero-order chi connectivity index (χ0) is 34.1. The number of benzene rings is 2. The second-order valence-electron chi connectivity index (χ2n) is 13.5. The molecule has 3 aromatic rings. The third-order valence-corrected chi connectivity index (χ3v) is 9.30. The number of sulfonamides is 1. The minimum absolute atomic E-state index is 0.106. The topological polar surface area (TPSA) is 146 Å². The molecule has 2 fully saturated rings. The standard InChI is InChI=1S/C33H46N6O7S/c1-33(2,3)24-17-26(31(45-5)27(18-24)35-47(6,43)44)34-32(42)46-29-16-22-8-7-9-23(30(22)36(29)4)19-37-12-14-39(15-13-37)28(41)21-38-11-10-25(40)20-38/h7-9,16-18,25,35,40H,10-15,19-21H2,1-6H3,(H,34,42)/t25-/m1/s1. The molecule has 2 saturated heterocycles. The van der Waals surface area contributed by atoms with Gasteiger partial charge in [0, 0.05) is 64.3 Å². The molecule has 0 aliphatic carbocycles. The van der Waals surface area contributed by atoms with Gasteiger partial charge in [-0.1, -0.05) is 39.0 Å². The maximum atomic E-state index is 13.3. The van der Waals surface area contributed by atoms with Crippen LogP contribution in [-0.4, -0.2) is 110 Å². The van der Waals surface area contributed by atoms with Crippen LogP contribution in [0.2, 0.25) is 0 Å². The van der Waals surface area contributed by atoms with E-state index in [4.69, 9.17) is 9.47 Å². The first-order chi connectivity index (χ1) is 22.1. The summed E-state index contributed by atoms with van der Waals surface area (Å²) in [5.74, 6) is 0.609. The van der Waals surface area contributed by atoms with Gasteiger partial charge in [-0.05, 0) is 35.1 Å². The van der Waals surface area contributed by atoms with Crippen molar-refractivity contribution in [3.8, 4) is 11.6 Å². The Bertz CT molecular complexity index is 1740. The number of methoxy groups -OCH3 is 1. The summed E-state index contributed by atoms with van der Waals surface area (Å²) in [5, 5.41) is 13.4. The highest BCUT2D eigenvalue weighted by molar-refractivity contribution is 7.92. The van der Waals surface area contributed by atoms with Crippen LogP contribution in [-0.2, 0) is 33.8 Å². The van der Waals surface area contributed by atoms with Gasteiger partial charge in [0.2, 0.25) is 21.8 Å². The number of rotatable bonds is 9. The van der Waals surface area contributed by atoms with Crippen LogP contribution in [0, 0.1) is 0 Å². The van der Waals surface area contributed by atoms with Gasteiger partial charge in [0.05, 0.1) is 42.9 Å². The summed E-state index contributed by atoms with van der Waals surface area (Å²) in [4.78, 5) is 32.3. The first-order valence-corrected chi connectivity index (χ1v) is 17.7. The molecule has 13 nitrogen and oxygen atoms in total. The maximum absolute atomic E-state index is 13.3. The molecule has 2 amide bonds. The molecule has 1 aromatic heterocycles. The Hall–Kier alpha value is -3.85. The molecule has 0 radical (unpaired) electrons. The van der Waals surface area contributed by atoms with E-state index >= 15 is 0 Å². The second kappa shape index (κ2) is 13.7. The Balaban J connectivity index is 1.28. The molecular weight excluding hydrogens is 624 g/mol. The summed E-state index contributed by atoms with van der Waals surface area (Å²) in [7, 11) is -0.376. The molecule has 0 unspecified atom stereocenters. The number of hydrogen-bond acceptors (Lipinski definition) is 9. The highest BCUT2D eigenvalue weighted by Gasteiger charge is 2.27. The van der Waals surface area contributed by atoms with Crippen LogP contribution in [0.15, 0.2) is 36.4 Å². The maximum Gasteiger partial charge on any atom is 0.418 e. The van der Waals surface area contributed by atoms with E-state index in [9.17, 15) is 23.1 Å². The van der Waals surface area contributed by atoms with Gasteiger partial charge >= 0.3 is 6.09 Å². The molecule has 14 heteroatoms. The van der Waals surface area contributed by atoms with Gasteiger partial charge in [-0.25, -0.2) is 13.2 Å². The molecule has 0 bridgehead atoms. The van der Waals surface area contributed by atoms with Crippen molar-refractivity contribution in [3.05, 3.63) is 47.5 Å². The van der Waals surface area contributed by atoms with Gasteiger partial charge in [0.25, 0.3) is 0 Å². The Morgan fingerprint density at radius 1 is 1.02 bits per heavy atom. The predicted molar refractivity (Wildman–Crippen MR) is 182 cm³/mol. The number of para-hydroxylation sites is 1. The number of aliphatic hydroxyl groups is 1. The first kappa shape index (κ1) is 34.5. The number of aryl methyl sites for hydroxylation is 1. The van der Waals surface area contributed by atoms with E-state index in [-0.39, 0.29) is 34.6 Å². The number of aromatic nitrogens is 1. The van der Waals surface area contributed by atoms with Crippen molar-refractivity contribution in [3.63, 3.8) is 0 Å². The first-order valence-electron chi connectivity index (χ1n) is 15.8. The lowest BCUT2D eigenvalue weighted by atomic mass is 9.86. The third-order valence-electron chi connectivity index (χ3n) is 8.71. The Morgan fingerprint density at radius 3 is 2.34 bits per heavy atom. The molecule has 3 N–H and O–H groups in total. The molecule has 256 valence electrons. The van der Waals surface area contributed by atoms with Crippen molar-refractivity contribution < 1.29 is 32.6 Å². The number of aliphatic hydroxyl groups excluding tert-OH is 1. The third kappa shape index (κ3) is 8.36.